The monoisotopic (exact) mass is 300 g/mol. The van der Waals surface area contributed by atoms with Crippen LogP contribution in [-0.4, -0.2) is 29.3 Å². The first kappa shape index (κ1) is 14.2. The molecule has 1 aromatic carbocycles. The smallest absolute Gasteiger partial charge is 0.245 e. The molecule has 2 rings (SSSR count). The fraction of sp³-hybridized carbons (Fsp3) is 0.385. The average molecular weight is 301 g/mol. The molecule has 1 fully saturated rings. The van der Waals surface area contributed by atoms with Crippen LogP contribution >= 0.6 is 23.2 Å². The lowest BCUT2D eigenvalue weighted by Gasteiger charge is -2.32. The van der Waals surface area contributed by atoms with Gasteiger partial charge in [0.05, 0.1) is 6.54 Å². The molecule has 2 amide bonds. The zero-order chi connectivity index (χ0) is 14.0. The molecule has 1 N–H and O–H groups in total. The normalized spacial score (nSPS) is 19.5. The van der Waals surface area contributed by atoms with Gasteiger partial charge in [0.1, 0.15) is 6.04 Å². The van der Waals surface area contributed by atoms with Crippen LogP contribution in [0.4, 0.5) is 0 Å². The van der Waals surface area contributed by atoms with Gasteiger partial charge in [-0.3, -0.25) is 9.59 Å². The first-order valence-electron chi connectivity index (χ1n) is 6.04. The third kappa shape index (κ3) is 3.01. The molecule has 1 unspecified atom stereocenters. The van der Waals surface area contributed by atoms with E-state index >= 15 is 0 Å². The Hall–Kier alpha value is -1.26. The molecular weight excluding hydrogens is 287 g/mol. The molecule has 6 heteroatoms. The highest BCUT2D eigenvalue weighted by Crippen LogP contribution is 2.26. The van der Waals surface area contributed by atoms with Crippen LogP contribution in [0.15, 0.2) is 18.2 Å². The van der Waals surface area contributed by atoms with Crippen molar-refractivity contribution in [1.29, 1.82) is 0 Å². The highest BCUT2D eigenvalue weighted by atomic mass is 35.5. The molecule has 4 nitrogen and oxygen atoms in total. The summed E-state index contributed by atoms with van der Waals surface area (Å²) in [7, 11) is 0. The zero-order valence-electron chi connectivity index (χ0n) is 10.5. The van der Waals surface area contributed by atoms with Gasteiger partial charge in [-0.25, -0.2) is 0 Å². The molecule has 1 heterocycles. The molecule has 1 aliphatic heterocycles. The quantitative estimate of drug-likeness (QED) is 0.930. The van der Waals surface area contributed by atoms with E-state index in [1.54, 1.807) is 18.2 Å². The van der Waals surface area contributed by atoms with Crippen LogP contribution in [0.5, 0.6) is 0 Å². The number of rotatable bonds is 3. The second-order valence-electron chi connectivity index (χ2n) is 4.42. The van der Waals surface area contributed by atoms with E-state index in [-0.39, 0.29) is 24.9 Å². The van der Waals surface area contributed by atoms with Crippen molar-refractivity contribution in [2.24, 2.45) is 0 Å². The summed E-state index contributed by atoms with van der Waals surface area (Å²) in [6.07, 6.45) is 0.567. The number of carbonyl (C=O) groups excluding carboxylic acids is 2. The number of piperazine rings is 1. The highest BCUT2D eigenvalue weighted by molar-refractivity contribution is 6.36. The molecule has 1 aromatic rings. The minimum atomic E-state index is -0.456. The third-order valence-electron chi connectivity index (χ3n) is 3.10. The van der Waals surface area contributed by atoms with E-state index in [0.717, 1.165) is 0 Å². The van der Waals surface area contributed by atoms with Crippen LogP contribution in [0.25, 0.3) is 0 Å². The fourth-order valence-corrected chi connectivity index (χ4v) is 2.58. The summed E-state index contributed by atoms with van der Waals surface area (Å²) in [5.74, 6) is -0.257. The second kappa shape index (κ2) is 5.80. The Morgan fingerprint density at radius 3 is 2.53 bits per heavy atom. The van der Waals surface area contributed by atoms with Crippen LogP contribution in [-0.2, 0) is 16.1 Å². The first-order valence-corrected chi connectivity index (χ1v) is 6.79. The maximum atomic E-state index is 12.2. The number of hydrogen-bond acceptors (Lipinski definition) is 2. The molecule has 102 valence electrons. The number of amides is 2. The van der Waals surface area contributed by atoms with Gasteiger partial charge in [0.15, 0.2) is 0 Å². The Balaban J connectivity index is 2.22. The molecule has 0 aliphatic carbocycles. The summed E-state index contributed by atoms with van der Waals surface area (Å²) in [4.78, 5) is 25.2. The predicted molar refractivity (Wildman–Crippen MR) is 74.1 cm³/mol. The van der Waals surface area contributed by atoms with E-state index in [2.05, 4.69) is 5.32 Å². The summed E-state index contributed by atoms with van der Waals surface area (Å²) in [6.45, 7) is 2.15. The molecule has 1 saturated heterocycles. The topological polar surface area (TPSA) is 49.4 Å². The van der Waals surface area contributed by atoms with E-state index < -0.39 is 6.04 Å². The van der Waals surface area contributed by atoms with Crippen LogP contribution < -0.4 is 5.32 Å². The van der Waals surface area contributed by atoms with Gasteiger partial charge in [-0.05, 0) is 18.6 Å². The van der Waals surface area contributed by atoms with Gasteiger partial charge in [-0.1, -0.05) is 36.2 Å². The van der Waals surface area contributed by atoms with Crippen molar-refractivity contribution in [3.8, 4) is 0 Å². The number of nitrogens with zero attached hydrogens (tertiary/aromatic N) is 1. The van der Waals surface area contributed by atoms with Gasteiger partial charge in [0, 0.05) is 22.2 Å². The number of halogens is 2. The van der Waals surface area contributed by atoms with Gasteiger partial charge in [-0.2, -0.15) is 0 Å². The Labute approximate surface area is 121 Å². The van der Waals surface area contributed by atoms with Crippen LogP contribution in [0.1, 0.15) is 18.9 Å². The summed E-state index contributed by atoms with van der Waals surface area (Å²) < 4.78 is 0. The average Bonchev–Trinajstić information content (AvgIpc) is 2.37. The van der Waals surface area contributed by atoms with E-state index in [4.69, 9.17) is 23.2 Å². The van der Waals surface area contributed by atoms with Crippen LogP contribution in [0.3, 0.4) is 0 Å². The number of carbonyl (C=O) groups is 2. The molecular formula is C13H14Cl2N2O2. The Kier molecular flexibility index (Phi) is 4.32. The van der Waals surface area contributed by atoms with Gasteiger partial charge in [-0.15, -0.1) is 0 Å². The van der Waals surface area contributed by atoms with E-state index in [1.807, 2.05) is 6.92 Å². The summed E-state index contributed by atoms with van der Waals surface area (Å²) in [5.41, 5.74) is 0.670. The van der Waals surface area contributed by atoms with Crippen molar-refractivity contribution in [2.45, 2.75) is 25.9 Å². The Morgan fingerprint density at radius 2 is 1.95 bits per heavy atom. The van der Waals surface area contributed by atoms with Crippen molar-refractivity contribution in [2.75, 3.05) is 6.54 Å². The van der Waals surface area contributed by atoms with Crippen LogP contribution in [0, 0.1) is 0 Å². The molecule has 1 aliphatic rings. The third-order valence-corrected chi connectivity index (χ3v) is 3.81. The summed E-state index contributed by atoms with van der Waals surface area (Å²) >= 11 is 12.2. The fourth-order valence-electron chi connectivity index (χ4n) is 2.06. The molecule has 0 bridgehead atoms. The number of nitrogens with one attached hydrogen (secondary N) is 1. The van der Waals surface area contributed by atoms with Gasteiger partial charge < -0.3 is 10.2 Å². The van der Waals surface area contributed by atoms with Gasteiger partial charge in [0.25, 0.3) is 0 Å². The predicted octanol–water partition coefficient (Wildman–Crippen LogP) is 2.23. The van der Waals surface area contributed by atoms with Crippen molar-refractivity contribution in [3.63, 3.8) is 0 Å². The highest BCUT2D eigenvalue weighted by Gasteiger charge is 2.31. The maximum absolute atomic E-state index is 12.2. The molecule has 0 saturated carbocycles. The minimum Gasteiger partial charge on any atom is -0.343 e. The number of hydrogen-bond donors (Lipinski definition) is 1. The number of benzene rings is 1. The minimum absolute atomic E-state index is 0.0386. The van der Waals surface area contributed by atoms with E-state index in [1.165, 1.54) is 4.90 Å². The lowest BCUT2D eigenvalue weighted by molar-refractivity contribution is -0.144. The lowest BCUT2D eigenvalue weighted by Crippen LogP contribution is -2.57. The Morgan fingerprint density at radius 1 is 1.32 bits per heavy atom. The molecule has 0 spiro atoms. The summed E-state index contributed by atoms with van der Waals surface area (Å²) in [5, 5.41) is 3.66. The van der Waals surface area contributed by atoms with Gasteiger partial charge >= 0.3 is 0 Å². The first-order chi connectivity index (χ1) is 9.02. The zero-order valence-corrected chi connectivity index (χ0v) is 12.0. The summed E-state index contributed by atoms with van der Waals surface area (Å²) in [6, 6.07) is 4.72. The molecule has 0 aromatic heterocycles. The lowest BCUT2D eigenvalue weighted by atomic mass is 10.1. The molecule has 19 heavy (non-hydrogen) atoms. The SMILES string of the molecule is CCC1NC(=O)CN(Cc2c(Cl)cccc2Cl)C1=O. The largest absolute Gasteiger partial charge is 0.343 e. The van der Waals surface area contributed by atoms with Crippen molar-refractivity contribution in [1.82, 2.24) is 10.2 Å². The standard InChI is InChI=1S/C13H14Cl2N2O2/c1-2-11-13(19)17(7-12(18)16-11)6-8-9(14)4-3-5-10(8)15/h3-5,11H,2,6-7H2,1H3,(H,16,18). The van der Waals surface area contributed by atoms with E-state index in [0.29, 0.717) is 22.0 Å². The molecule has 1 atom stereocenters. The second-order valence-corrected chi connectivity index (χ2v) is 5.24. The maximum Gasteiger partial charge on any atom is 0.245 e. The van der Waals surface area contributed by atoms with Crippen molar-refractivity contribution >= 4 is 35.0 Å². The van der Waals surface area contributed by atoms with Crippen LogP contribution in [0.2, 0.25) is 10.0 Å². The van der Waals surface area contributed by atoms with E-state index in [9.17, 15) is 9.59 Å². The van der Waals surface area contributed by atoms with Gasteiger partial charge in [0.2, 0.25) is 11.8 Å². The van der Waals surface area contributed by atoms with Crippen molar-refractivity contribution in [3.05, 3.63) is 33.8 Å². The molecule has 0 radical (unpaired) electrons. The Bertz CT molecular complexity index is 499. The van der Waals surface area contributed by atoms with Crippen molar-refractivity contribution < 1.29 is 9.59 Å².